The summed E-state index contributed by atoms with van der Waals surface area (Å²) in [6, 6.07) is 5.57. The summed E-state index contributed by atoms with van der Waals surface area (Å²) in [4.78, 5) is 23.5. The molecule has 0 radical (unpaired) electrons. The van der Waals surface area contributed by atoms with Gasteiger partial charge >= 0.3 is 6.03 Å². The predicted molar refractivity (Wildman–Crippen MR) is 131 cm³/mol. The van der Waals surface area contributed by atoms with Gasteiger partial charge in [-0.05, 0) is 64.3 Å². The highest BCUT2D eigenvalue weighted by Gasteiger charge is 2.43. The van der Waals surface area contributed by atoms with Crippen LogP contribution in [0.1, 0.15) is 39.5 Å². The highest BCUT2D eigenvalue weighted by molar-refractivity contribution is 5.94. The molecule has 0 unspecified atom stereocenters. The molecule has 35 heavy (non-hydrogen) atoms. The molecule has 1 aromatic heterocycles. The zero-order chi connectivity index (χ0) is 24.7. The lowest BCUT2D eigenvalue weighted by Crippen LogP contribution is -2.55. The second kappa shape index (κ2) is 9.10. The van der Waals surface area contributed by atoms with E-state index in [0.29, 0.717) is 23.2 Å². The van der Waals surface area contributed by atoms with Gasteiger partial charge in [0.2, 0.25) is 5.95 Å². The number of amides is 2. The molecule has 2 atom stereocenters. The molecule has 0 spiro atoms. The molecule has 4 N–H and O–H groups in total. The van der Waals surface area contributed by atoms with E-state index in [0.717, 1.165) is 19.4 Å². The highest BCUT2D eigenvalue weighted by atomic mass is 19.1. The van der Waals surface area contributed by atoms with Gasteiger partial charge in [0, 0.05) is 30.4 Å². The van der Waals surface area contributed by atoms with Crippen molar-refractivity contribution in [2.75, 3.05) is 36.3 Å². The van der Waals surface area contributed by atoms with Crippen LogP contribution in [0.4, 0.5) is 32.3 Å². The fraction of sp³-hybridized carbons (Fsp3) is 0.522. The first-order valence-electron chi connectivity index (χ1n) is 11.8. The van der Waals surface area contributed by atoms with Gasteiger partial charge in [-0.3, -0.25) is 4.90 Å². The number of anilines is 4. The molecular formula is C23H32FN9O2. The number of nitrogens with one attached hydrogen (secondary N) is 4. The van der Waals surface area contributed by atoms with E-state index in [1.807, 2.05) is 0 Å². The van der Waals surface area contributed by atoms with Crippen LogP contribution in [-0.4, -0.2) is 64.2 Å². The standard InChI is InChI=1S/C23H32FN9O2/c1-23(2)12-15(10-16-6-5-9-32(16)23)26-20-17(24)13-25-21(28-20)27-14-7-8-19(35-4)18(11-14)33-22(34)31(3)29-30-33/h7-8,11,13,15-16,29-30H,5-6,9-10,12H2,1-4H3,(H2,25,26,27,28)/t15-,16+/m1/s1. The summed E-state index contributed by atoms with van der Waals surface area (Å²) in [7, 11) is 3.13. The smallest absolute Gasteiger partial charge is 0.355 e. The maximum atomic E-state index is 14.7. The zero-order valence-corrected chi connectivity index (χ0v) is 20.4. The Hall–Kier alpha value is -3.22. The van der Waals surface area contributed by atoms with Gasteiger partial charge < -0.3 is 15.4 Å². The topological polar surface area (TPSA) is 110 Å². The quantitative estimate of drug-likeness (QED) is 0.491. The lowest BCUT2D eigenvalue weighted by molar-refractivity contribution is 0.0500. The van der Waals surface area contributed by atoms with E-state index in [9.17, 15) is 9.18 Å². The second-order valence-electron chi connectivity index (χ2n) is 9.89. The minimum Gasteiger partial charge on any atom is -0.495 e. The molecule has 11 nitrogen and oxygen atoms in total. The van der Waals surface area contributed by atoms with Crippen molar-refractivity contribution in [1.29, 1.82) is 0 Å². The number of fused-ring (bicyclic) bond motifs is 1. The molecule has 2 aromatic rings. The van der Waals surface area contributed by atoms with Crippen LogP contribution < -0.4 is 31.4 Å². The number of nitrogens with zero attached hydrogens (tertiary/aromatic N) is 5. The lowest BCUT2D eigenvalue weighted by Gasteiger charge is -2.47. The van der Waals surface area contributed by atoms with Crippen molar-refractivity contribution >= 4 is 29.2 Å². The minimum atomic E-state index is -0.487. The van der Waals surface area contributed by atoms with E-state index in [-0.39, 0.29) is 29.4 Å². The minimum absolute atomic E-state index is 0.0606. The summed E-state index contributed by atoms with van der Waals surface area (Å²) in [5.74, 6) is 0.444. The summed E-state index contributed by atoms with van der Waals surface area (Å²) in [5.41, 5.74) is 6.66. The van der Waals surface area contributed by atoms with E-state index in [2.05, 4.69) is 50.4 Å². The van der Waals surface area contributed by atoms with E-state index in [1.165, 1.54) is 36.2 Å². The van der Waals surface area contributed by atoms with Gasteiger partial charge in [-0.25, -0.2) is 24.2 Å². The molecule has 0 bridgehead atoms. The zero-order valence-electron chi connectivity index (χ0n) is 20.4. The van der Waals surface area contributed by atoms with Crippen LogP contribution in [0.5, 0.6) is 5.75 Å². The molecule has 3 aliphatic heterocycles. The first-order valence-corrected chi connectivity index (χ1v) is 11.8. The average molecular weight is 486 g/mol. The number of carbonyl (C=O) groups is 1. The van der Waals surface area contributed by atoms with Crippen molar-refractivity contribution in [2.24, 2.45) is 0 Å². The van der Waals surface area contributed by atoms with Gasteiger partial charge in [0.15, 0.2) is 11.6 Å². The third-order valence-corrected chi connectivity index (χ3v) is 7.03. The van der Waals surface area contributed by atoms with Crippen LogP contribution in [0, 0.1) is 5.82 Å². The maximum Gasteiger partial charge on any atom is 0.355 e. The van der Waals surface area contributed by atoms with Gasteiger partial charge in [0.05, 0.1) is 13.3 Å². The lowest BCUT2D eigenvalue weighted by atomic mass is 9.84. The van der Waals surface area contributed by atoms with Crippen LogP contribution in [0.3, 0.4) is 0 Å². The number of methoxy groups -OCH3 is 1. The van der Waals surface area contributed by atoms with Crippen LogP contribution in [0.15, 0.2) is 24.4 Å². The summed E-state index contributed by atoms with van der Waals surface area (Å²) >= 11 is 0. The van der Waals surface area contributed by atoms with Crippen LogP contribution in [0.2, 0.25) is 0 Å². The number of ether oxygens (including phenoxy) is 1. The number of hydrogen-bond donors (Lipinski definition) is 4. The molecule has 0 saturated carbocycles. The molecule has 3 fully saturated rings. The fourth-order valence-electron chi connectivity index (χ4n) is 5.45. The Morgan fingerprint density at radius 2 is 2.11 bits per heavy atom. The number of rotatable bonds is 6. The Labute approximate surface area is 203 Å². The summed E-state index contributed by atoms with van der Waals surface area (Å²) in [6.07, 6.45) is 5.45. The number of hydrazine groups is 3. The first-order chi connectivity index (χ1) is 16.7. The number of carbonyl (C=O) groups excluding carboxylic acids is 1. The predicted octanol–water partition coefficient (Wildman–Crippen LogP) is 2.98. The number of halogens is 1. The van der Waals surface area contributed by atoms with Gasteiger partial charge in [-0.1, -0.05) is 0 Å². The number of hydrogen-bond acceptors (Lipinski definition) is 9. The fourth-order valence-corrected chi connectivity index (χ4v) is 5.45. The van der Waals surface area contributed by atoms with E-state index < -0.39 is 5.82 Å². The molecule has 2 amide bonds. The number of aromatic nitrogens is 2. The first kappa shape index (κ1) is 23.5. The third kappa shape index (κ3) is 4.56. The van der Waals surface area contributed by atoms with Gasteiger partial charge in [-0.15, -0.1) is 11.1 Å². The van der Waals surface area contributed by atoms with Crippen molar-refractivity contribution in [2.45, 2.75) is 57.2 Å². The second-order valence-corrected chi connectivity index (χ2v) is 9.89. The normalized spacial score (nSPS) is 24.0. The van der Waals surface area contributed by atoms with E-state index >= 15 is 0 Å². The average Bonchev–Trinajstić information content (AvgIpc) is 3.43. The SMILES string of the molecule is COc1ccc(Nc2ncc(F)c(N[C@@H]3C[C@@H]4CCCN4C(C)(C)C3)n2)cc1N1NNN(C)C1=O. The molecule has 12 heteroatoms. The van der Waals surface area contributed by atoms with E-state index in [4.69, 9.17) is 4.74 Å². The van der Waals surface area contributed by atoms with Gasteiger partial charge in [-0.2, -0.15) is 4.98 Å². The van der Waals surface area contributed by atoms with Crippen molar-refractivity contribution in [3.63, 3.8) is 0 Å². The highest BCUT2D eigenvalue weighted by Crippen LogP contribution is 2.39. The van der Waals surface area contributed by atoms with Crippen LogP contribution in [-0.2, 0) is 0 Å². The summed E-state index contributed by atoms with van der Waals surface area (Å²) < 4.78 is 20.1. The summed E-state index contributed by atoms with van der Waals surface area (Å²) in [5, 5.41) is 9.07. The largest absolute Gasteiger partial charge is 0.495 e. The van der Waals surface area contributed by atoms with Crippen molar-refractivity contribution in [3.8, 4) is 5.75 Å². The molecule has 0 aliphatic carbocycles. The van der Waals surface area contributed by atoms with Crippen LogP contribution >= 0.6 is 0 Å². The maximum absolute atomic E-state index is 14.7. The number of urea groups is 1. The molecular weight excluding hydrogens is 453 g/mol. The molecule has 5 rings (SSSR count). The molecule has 188 valence electrons. The van der Waals surface area contributed by atoms with E-state index in [1.54, 1.807) is 25.2 Å². The molecule has 4 heterocycles. The Kier molecular flexibility index (Phi) is 6.11. The Balaban J connectivity index is 1.34. The van der Waals surface area contributed by atoms with Gasteiger partial charge in [0.25, 0.3) is 0 Å². The van der Waals surface area contributed by atoms with Crippen molar-refractivity contribution in [3.05, 3.63) is 30.2 Å². The number of piperidine rings is 1. The third-order valence-electron chi connectivity index (χ3n) is 7.03. The van der Waals surface area contributed by atoms with Crippen molar-refractivity contribution < 1.29 is 13.9 Å². The molecule has 3 aliphatic rings. The Morgan fingerprint density at radius 1 is 1.29 bits per heavy atom. The van der Waals surface area contributed by atoms with Crippen LogP contribution in [0.25, 0.3) is 0 Å². The summed E-state index contributed by atoms with van der Waals surface area (Å²) in [6.45, 7) is 5.66. The Morgan fingerprint density at radius 3 is 2.86 bits per heavy atom. The molecule has 1 aromatic carbocycles. The molecule has 3 saturated heterocycles. The van der Waals surface area contributed by atoms with Crippen molar-refractivity contribution in [1.82, 2.24) is 30.9 Å². The Bertz CT molecular complexity index is 1110. The monoisotopic (exact) mass is 485 g/mol. The van der Waals surface area contributed by atoms with Gasteiger partial charge in [0.1, 0.15) is 11.4 Å². The number of benzene rings is 1.